The minimum Gasteiger partial charge on any atom is -0.480 e. The second kappa shape index (κ2) is 6.94. The lowest BCUT2D eigenvalue weighted by atomic mass is 9.98. The lowest BCUT2D eigenvalue weighted by molar-refractivity contribution is -0.152. The molecule has 0 aromatic heterocycles. The van der Waals surface area contributed by atoms with Crippen LogP contribution in [0.15, 0.2) is 54.6 Å². The minimum atomic E-state index is -1.47. The smallest absolute Gasteiger partial charge is 0.328 e. The van der Waals surface area contributed by atoms with Gasteiger partial charge in [-0.05, 0) is 33.7 Å². The molecule has 1 heterocycles. The van der Waals surface area contributed by atoms with Crippen LogP contribution in [0.2, 0.25) is 0 Å². The zero-order chi connectivity index (χ0) is 19.8. The summed E-state index contributed by atoms with van der Waals surface area (Å²) < 4.78 is 0. The van der Waals surface area contributed by atoms with Crippen molar-refractivity contribution in [3.63, 3.8) is 0 Å². The largest absolute Gasteiger partial charge is 0.480 e. The molecule has 3 aromatic carbocycles. The highest BCUT2D eigenvalue weighted by Crippen LogP contribution is 2.27. The van der Waals surface area contributed by atoms with Crippen LogP contribution >= 0.6 is 0 Å². The number of nitrogens with zero attached hydrogens (tertiary/aromatic N) is 1. The molecular formula is C21H18N2O5. The molecule has 4 rings (SSSR count). The number of carbonyl (C=O) groups is 3. The topological polar surface area (TPSA) is 107 Å². The third kappa shape index (κ3) is 2.95. The van der Waals surface area contributed by atoms with Crippen LogP contribution in [-0.2, 0) is 9.59 Å². The second-order valence-corrected chi connectivity index (χ2v) is 6.77. The average molecular weight is 378 g/mol. The molecule has 7 heteroatoms. The second-order valence-electron chi connectivity index (χ2n) is 6.77. The summed E-state index contributed by atoms with van der Waals surface area (Å²) in [6.45, 7) is 0.333. The zero-order valence-electron chi connectivity index (χ0n) is 14.8. The molecule has 7 nitrogen and oxygen atoms in total. The van der Waals surface area contributed by atoms with E-state index in [4.69, 9.17) is 0 Å². The van der Waals surface area contributed by atoms with Crippen LogP contribution in [0.4, 0.5) is 0 Å². The number of aliphatic carboxylic acids is 2. The summed E-state index contributed by atoms with van der Waals surface area (Å²) in [6, 6.07) is 14.2. The van der Waals surface area contributed by atoms with Gasteiger partial charge in [0.25, 0.3) is 5.91 Å². The van der Waals surface area contributed by atoms with Crippen molar-refractivity contribution in [2.75, 3.05) is 13.1 Å². The summed E-state index contributed by atoms with van der Waals surface area (Å²) >= 11 is 0. The fraction of sp³-hybridized carbons (Fsp3) is 0.190. The molecule has 0 aliphatic carbocycles. The Hall–Kier alpha value is -3.45. The molecule has 0 saturated carbocycles. The van der Waals surface area contributed by atoms with Gasteiger partial charge in [0.15, 0.2) is 6.04 Å². The molecule has 1 aliphatic heterocycles. The predicted octanol–water partition coefficient (Wildman–Crippen LogP) is 1.94. The molecule has 142 valence electrons. The third-order valence-corrected chi connectivity index (χ3v) is 5.14. The van der Waals surface area contributed by atoms with Crippen molar-refractivity contribution in [1.29, 1.82) is 0 Å². The SMILES string of the molecule is O=C(O)C1[C@@H](C(=O)O)NCCN1C(=O)c1ccc2c(ccc3ccccc32)c1. The van der Waals surface area contributed by atoms with E-state index in [0.29, 0.717) is 5.56 Å². The van der Waals surface area contributed by atoms with E-state index in [-0.39, 0.29) is 13.1 Å². The molecule has 0 bridgehead atoms. The third-order valence-electron chi connectivity index (χ3n) is 5.14. The summed E-state index contributed by atoms with van der Waals surface area (Å²) in [4.78, 5) is 37.2. The van der Waals surface area contributed by atoms with E-state index in [1.54, 1.807) is 12.1 Å². The molecular weight excluding hydrogens is 360 g/mol. The van der Waals surface area contributed by atoms with Crippen LogP contribution in [-0.4, -0.2) is 58.1 Å². The van der Waals surface area contributed by atoms with E-state index in [2.05, 4.69) is 5.32 Å². The molecule has 2 atom stereocenters. The normalized spacial score (nSPS) is 19.6. The molecule has 1 aliphatic rings. The Balaban J connectivity index is 1.74. The fourth-order valence-electron chi connectivity index (χ4n) is 3.81. The molecule has 3 aromatic rings. The number of carboxylic acid groups (broad SMARTS) is 2. The minimum absolute atomic E-state index is 0.120. The van der Waals surface area contributed by atoms with E-state index < -0.39 is 29.9 Å². The number of carbonyl (C=O) groups excluding carboxylic acids is 1. The van der Waals surface area contributed by atoms with Crippen molar-refractivity contribution in [1.82, 2.24) is 10.2 Å². The molecule has 28 heavy (non-hydrogen) atoms. The molecule has 3 N–H and O–H groups in total. The number of hydrogen-bond donors (Lipinski definition) is 3. The molecule has 0 radical (unpaired) electrons. The van der Waals surface area contributed by atoms with E-state index in [1.807, 2.05) is 42.5 Å². The van der Waals surface area contributed by atoms with Crippen molar-refractivity contribution < 1.29 is 24.6 Å². The number of nitrogens with one attached hydrogen (secondary N) is 1. The van der Waals surface area contributed by atoms with E-state index in [9.17, 15) is 24.6 Å². The van der Waals surface area contributed by atoms with E-state index >= 15 is 0 Å². The average Bonchev–Trinajstić information content (AvgIpc) is 2.72. The predicted molar refractivity (Wildman–Crippen MR) is 103 cm³/mol. The Labute approximate surface area is 160 Å². The van der Waals surface area contributed by atoms with Gasteiger partial charge in [0, 0.05) is 18.7 Å². The number of carboxylic acids is 2. The van der Waals surface area contributed by atoms with Crippen LogP contribution in [0, 0.1) is 0 Å². The number of piperazine rings is 1. The summed E-state index contributed by atoms with van der Waals surface area (Å²) in [5, 5.41) is 25.5. The van der Waals surface area contributed by atoms with Crippen LogP contribution in [0.5, 0.6) is 0 Å². The van der Waals surface area contributed by atoms with E-state index in [0.717, 1.165) is 26.4 Å². The first-order valence-corrected chi connectivity index (χ1v) is 8.89. The van der Waals surface area contributed by atoms with Gasteiger partial charge in [-0.3, -0.25) is 9.59 Å². The lowest BCUT2D eigenvalue weighted by Crippen LogP contribution is -2.65. The Morgan fingerprint density at radius 1 is 0.893 bits per heavy atom. The van der Waals surface area contributed by atoms with Crippen molar-refractivity contribution in [3.8, 4) is 0 Å². The van der Waals surface area contributed by atoms with Gasteiger partial charge in [-0.15, -0.1) is 0 Å². The lowest BCUT2D eigenvalue weighted by Gasteiger charge is -2.37. The highest BCUT2D eigenvalue weighted by atomic mass is 16.4. The molecule has 1 fully saturated rings. The first-order valence-electron chi connectivity index (χ1n) is 8.89. The van der Waals surface area contributed by atoms with Gasteiger partial charge in [0.05, 0.1) is 0 Å². The molecule has 0 spiro atoms. The number of fused-ring (bicyclic) bond motifs is 3. The maximum absolute atomic E-state index is 13.0. The highest BCUT2D eigenvalue weighted by molar-refractivity contribution is 6.10. The Morgan fingerprint density at radius 2 is 1.61 bits per heavy atom. The zero-order valence-corrected chi connectivity index (χ0v) is 14.8. The standard InChI is InChI=1S/C21H18N2O5/c24-19(23-10-9-22-17(20(25)26)18(23)21(27)28)14-7-8-16-13(11-14)6-5-12-3-1-2-4-15(12)16/h1-8,11,17-18,22H,9-10H2,(H,25,26)(H,27,28)/t17-,18?/m0/s1. The first kappa shape index (κ1) is 17.9. The first-order chi connectivity index (χ1) is 13.5. The number of rotatable bonds is 3. The van der Waals surface area contributed by atoms with Gasteiger partial charge in [0.2, 0.25) is 0 Å². The Morgan fingerprint density at radius 3 is 2.36 bits per heavy atom. The summed E-state index contributed by atoms with van der Waals surface area (Å²) in [6.07, 6.45) is 0. The van der Waals surface area contributed by atoms with Crippen LogP contribution in [0.25, 0.3) is 21.5 Å². The monoisotopic (exact) mass is 378 g/mol. The number of hydrogen-bond acceptors (Lipinski definition) is 4. The highest BCUT2D eigenvalue weighted by Gasteiger charge is 2.43. The van der Waals surface area contributed by atoms with Gasteiger partial charge in [-0.2, -0.15) is 0 Å². The van der Waals surface area contributed by atoms with Crippen LogP contribution < -0.4 is 5.32 Å². The van der Waals surface area contributed by atoms with Gasteiger partial charge < -0.3 is 20.4 Å². The van der Waals surface area contributed by atoms with Crippen molar-refractivity contribution in [2.45, 2.75) is 12.1 Å². The molecule has 1 saturated heterocycles. The van der Waals surface area contributed by atoms with Crippen molar-refractivity contribution >= 4 is 39.4 Å². The summed E-state index contributed by atoms with van der Waals surface area (Å²) in [7, 11) is 0. The molecule has 1 amide bonds. The van der Waals surface area contributed by atoms with Gasteiger partial charge >= 0.3 is 11.9 Å². The van der Waals surface area contributed by atoms with Crippen molar-refractivity contribution in [2.24, 2.45) is 0 Å². The van der Waals surface area contributed by atoms with Crippen molar-refractivity contribution in [3.05, 3.63) is 60.2 Å². The van der Waals surface area contributed by atoms with Crippen LogP contribution in [0.1, 0.15) is 10.4 Å². The van der Waals surface area contributed by atoms with Gasteiger partial charge in [-0.25, -0.2) is 4.79 Å². The maximum atomic E-state index is 13.0. The number of amides is 1. The maximum Gasteiger partial charge on any atom is 0.328 e. The summed E-state index contributed by atoms with van der Waals surface area (Å²) in [5.74, 6) is -3.13. The quantitative estimate of drug-likeness (QED) is 0.602. The summed E-state index contributed by atoms with van der Waals surface area (Å²) in [5.41, 5.74) is 0.333. The molecule has 1 unspecified atom stereocenters. The Bertz CT molecular complexity index is 1110. The van der Waals surface area contributed by atoms with Gasteiger partial charge in [-0.1, -0.05) is 42.5 Å². The van der Waals surface area contributed by atoms with E-state index in [1.165, 1.54) is 0 Å². The van der Waals surface area contributed by atoms with Crippen LogP contribution in [0.3, 0.4) is 0 Å². The fourth-order valence-corrected chi connectivity index (χ4v) is 3.81. The number of benzene rings is 3. The Kier molecular flexibility index (Phi) is 4.44. The van der Waals surface area contributed by atoms with Gasteiger partial charge in [0.1, 0.15) is 6.04 Å².